The maximum atomic E-state index is 13.0. The van der Waals surface area contributed by atoms with E-state index in [1.165, 1.54) is 12.3 Å². The molecule has 0 bridgehead atoms. The van der Waals surface area contributed by atoms with Gasteiger partial charge >= 0.3 is 0 Å². The van der Waals surface area contributed by atoms with Gasteiger partial charge in [-0.2, -0.15) is 0 Å². The van der Waals surface area contributed by atoms with Gasteiger partial charge in [-0.25, -0.2) is 4.39 Å². The summed E-state index contributed by atoms with van der Waals surface area (Å²) in [7, 11) is 2.00. The Balaban J connectivity index is 1.82. The van der Waals surface area contributed by atoms with Crippen LogP contribution in [0.5, 0.6) is 0 Å². The van der Waals surface area contributed by atoms with Gasteiger partial charge in [0, 0.05) is 32.4 Å². The predicted molar refractivity (Wildman–Crippen MR) is 63.1 cm³/mol. The van der Waals surface area contributed by atoms with E-state index in [1.54, 1.807) is 6.20 Å². The summed E-state index contributed by atoms with van der Waals surface area (Å²) in [5.41, 5.74) is 0.885. The van der Waals surface area contributed by atoms with Crippen molar-refractivity contribution in [3.63, 3.8) is 0 Å². The Hall–Kier alpha value is -1.04. The van der Waals surface area contributed by atoms with Gasteiger partial charge in [0.05, 0.1) is 18.9 Å². The maximum absolute atomic E-state index is 13.0. The molecule has 94 valence electrons. The van der Waals surface area contributed by atoms with Crippen LogP contribution in [0.15, 0.2) is 18.5 Å². The largest absolute Gasteiger partial charge is 0.374 e. The first kappa shape index (κ1) is 12.4. The van der Waals surface area contributed by atoms with Crippen molar-refractivity contribution < 1.29 is 9.13 Å². The quantitative estimate of drug-likeness (QED) is 0.836. The molecule has 5 heteroatoms. The summed E-state index contributed by atoms with van der Waals surface area (Å²) in [6.45, 7) is 4.09. The summed E-state index contributed by atoms with van der Waals surface area (Å²) >= 11 is 0. The number of pyridine rings is 1. The third kappa shape index (κ3) is 4.03. The SMILES string of the molecule is CN(Cc1cncc(F)c1)CC1CNCCO1. The smallest absolute Gasteiger partial charge is 0.141 e. The number of halogens is 1. The van der Waals surface area contributed by atoms with Gasteiger partial charge in [0.15, 0.2) is 0 Å². The van der Waals surface area contributed by atoms with Gasteiger partial charge in [-0.3, -0.25) is 9.88 Å². The molecule has 2 rings (SSSR count). The molecule has 1 aliphatic rings. The normalized spacial score (nSPS) is 20.8. The van der Waals surface area contributed by atoms with E-state index in [0.29, 0.717) is 6.54 Å². The van der Waals surface area contributed by atoms with Crippen LogP contribution in [0.1, 0.15) is 5.56 Å². The molecule has 1 unspecified atom stereocenters. The number of likely N-dealkylation sites (N-methyl/N-ethyl adjacent to an activating group) is 1. The molecular weight excluding hydrogens is 221 g/mol. The van der Waals surface area contributed by atoms with Gasteiger partial charge < -0.3 is 10.1 Å². The van der Waals surface area contributed by atoms with Gasteiger partial charge in [0.1, 0.15) is 5.82 Å². The topological polar surface area (TPSA) is 37.4 Å². The Kier molecular flexibility index (Phi) is 4.42. The van der Waals surface area contributed by atoms with Crippen LogP contribution >= 0.6 is 0 Å². The molecule has 1 fully saturated rings. The minimum atomic E-state index is -0.286. The van der Waals surface area contributed by atoms with Gasteiger partial charge in [-0.15, -0.1) is 0 Å². The zero-order chi connectivity index (χ0) is 12.1. The number of morpholine rings is 1. The van der Waals surface area contributed by atoms with Gasteiger partial charge in [-0.05, 0) is 18.7 Å². The first-order valence-electron chi connectivity index (χ1n) is 5.84. The molecule has 4 nitrogen and oxygen atoms in total. The van der Waals surface area contributed by atoms with Crippen molar-refractivity contribution in [2.75, 3.05) is 33.3 Å². The summed E-state index contributed by atoms with van der Waals surface area (Å²) < 4.78 is 18.6. The molecule has 1 N–H and O–H groups in total. The molecular formula is C12H18FN3O. The monoisotopic (exact) mass is 239 g/mol. The zero-order valence-corrected chi connectivity index (χ0v) is 10.0. The Bertz CT molecular complexity index is 355. The highest BCUT2D eigenvalue weighted by Gasteiger charge is 2.15. The second-order valence-electron chi connectivity index (χ2n) is 4.41. The highest BCUT2D eigenvalue weighted by atomic mass is 19.1. The Morgan fingerprint density at radius 1 is 1.59 bits per heavy atom. The van der Waals surface area contributed by atoms with E-state index in [4.69, 9.17) is 4.74 Å². The standard InChI is InChI=1S/C12H18FN3O/c1-16(9-12-7-14-2-3-17-12)8-10-4-11(13)6-15-5-10/h4-6,12,14H,2-3,7-9H2,1H3. The van der Waals surface area contributed by atoms with Gasteiger partial charge in [0.25, 0.3) is 0 Å². The summed E-state index contributed by atoms with van der Waals surface area (Å²) in [6, 6.07) is 1.52. The third-order valence-corrected chi connectivity index (χ3v) is 2.73. The lowest BCUT2D eigenvalue weighted by Crippen LogP contribution is -2.44. The maximum Gasteiger partial charge on any atom is 0.141 e. The van der Waals surface area contributed by atoms with Gasteiger partial charge in [0.2, 0.25) is 0 Å². The van der Waals surface area contributed by atoms with E-state index in [-0.39, 0.29) is 11.9 Å². The van der Waals surface area contributed by atoms with Crippen LogP contribution in [-0.4, -0.2) is 49.3 Å². The number of rotatable bonds is 4. The Morgan fingerprint density at radius 3 is 3.18 bits per heavy atom. The molecule has 2 heterocycles. The molecule has 0 aliphatic carbocycles. The van der Waals surface area contributed by atoms with Crippen molar-refractivity contribution in [1.82, 2.24) is 15.2 Å². The molecule has 17 heavy (non-hydrogen) atoms. The Labute approximate surface area is 101 Å². The fourth-order valence-corrected chi connectivity index (χ4v) is 2.00. The summed E-state index contributed by atoms with van der Waals surface area (Å²) in [6.07, 6.45) is 3.13. The van der Waals surface area contributed by atoms with E-state index in [0.717, 1.165) is 31.8 Å². The van der Waals surface area contributed by atoms with Crippen LogP contribution in [0.3, 0.4) is 0 Å². The average Bonchev–Trinajstić information content (AvgIpc) is 2.30. The van der Waals surface area contributed by atoms with Crippen LogP contribution < -0.4 is 5.32 Å². The minimum Gasteiger partial charge on any atom is -0.374 e. The van der Waals surface area contributed by atoms with Crippen LogP contribution in [-0.2, 0) is 11.3 Å². The molecule has 0 amide bonds. The van der Waals surface area contributed by atoms with Crippen molar-refractivity contribution in [2.24, 2.45) is 0 Å². The fourth-order valence-electron chi connectivity index (χ4n) is 2.00. The molecule has 1 aromatic rings. The lowest BCUT2D eigenvalue weighted by molar-refractivity contribution is 0.00882. The van der Waals surface area contributed by atoms with Crippen molar-refractivity contribution in [1.29, 1.82) is 0 Å². The molecule has 1 atom stereocenters. The van der Waals surface area contributed by atoms with E-state index in [9.17, 15) is 4.39 Å². The number of hydrogen-bond acceptors (Lipinski definition) is 4. The van der Waals surface area contributed by atoms with Crippen LogP contribution in [0.25, 0.3) is 0 Å². The number of aromatic nitrogens is 1. The molecule has 1 aliphatic heterocycles. The molecule has 1 aromatic heterocycles. The lowest BCUT2D eigenvalue weighted by atomic mass is 10.2. The van der Waals surface area contributed by atoms with Crippen molar-refractivity contribution >= 4 is 0 Å². The summed E-state index contributed by atoms with van der Waals surface area (Å²) in [4.78, 5) is 5.96. The van der Waals surface area contributed by atoms with Crippen molar-refractivity contribution in [2.45, 2.75) is 12.6 Å². The molecule has 0 saturated carbocycles. The number of nitrogens with one attached hydrogen (secondary N) is 1. The first-order chi connectivity index (χ1) is 8.24. The van der Waals surface area contributed by atoms with Crippen LogP contribution in [0.4, 0.5) is 4.39 Å². The van der Waals surface area contributed by atoms with Crippen molar-refractivity contribution in [3.8, 4) is 0 Å². The third-order valence-electron chi connectivity index (χ3n) is 2.73. The first-order valence-corrected chi connectivity index (χ1v) is 5.84. The molecule has 0 radical (unpaired) electrons. The van der Waals surface area contributed by atoms with E-state index in [2.05, 4.69) is 15.2 Å². The molecule has 1 saturated heterocycles. The van der Waals surface area contributed by atoms with Gasteiger partial charge in [-0.1, -0.05) is 0 Å². The van der Waals surface area contributed by atoms with Crippen LogP contribution in [0.2, 0.25) is 0 Å². The summed E-state index contributed by atoms with van der Waals surface area (Å²) in [5, 5.41) is 3.29. The predicted octanol–water partition coefficient (Wildman–Crippen LogP) is 0.641. The zero-order valence-electron chi connectivity index (χ0n) is 10.0. The van der Waals surface area contributed by atoms with Crippen molar-refractivity contribution in [3.05, 3.63) is 29.8 Å². The lowest BCUT2D eigenvalue weighted by Gasteiger charge is -2.27. The molecule has 0 spiro atoms. The highest BCUT2D eigenvalue weighted by molar-refractivity contribution is 5.09. The van der Waals surface area contributed by atoms with E-state index in [1.807, 2.05) is 7.05 Å². The second kappa shape index (κ2) is 6.05. The van der Waals surface area contributed by atoms with E-state index < -0.39 is 0 Å². The number of nitrogens with zero attached hydrogens (tertiary/aromatic N) is 2. The summed E-state index contributed by atoms with van der Waals surface area (Å²) in [5.74, 6) is -0.286. The highest BCUT2D eigenvalue weighted by Crippen LogP contribution is 2.06. The van der Waals surface area contributed by atoms with E-state index >= 15 is 0 Å². The molecule has 0 aromatic carbocycles. The fraction of sp³-hybridized carbons (Fsp3) is 0.583. The number of ether oxygens (including phenoxy) is 1. The van der Waals surface area contributed by atoms with Crippen LogP contribution in [0, 0.1) is 5.82 Å². The number of hydrogen-bond donors (Lipinski definition) is 1. The minimum absolute atomic E-state index is 0.218. The Morgan fingerprint density at radius 2 is 2.47 bits per heavy atom. The average molecular weight is 239 g/mol. The second-order valence-corrected chi connectivity index (χ2v) is 4.41.